The fraction of sp³-hybridized carbons (Fsp3) is 0.381. The fourth-order valence-electron chi connectivity index (χ4n) is 3.18. The van der Waals surface area contributed by atoms with Crippen molar-refractivity contribution < 1.29 is 14.3 Å². The number of hydrogen-bond acceptors (Lipinski definition) is 6. The summed E-state index contributed by atoms with van der Waals surface area (Å²) in [5, 5.41) is 14.9. The number of aliphatic carboxylic acids is 1. The molecule has 0 bridgehead atoms. The Bertz CT molecular complexity index is 940. The van der Waals surface area contributed by atoms with Crippen LogP contribution in [-0.2, 0) is 17.6 Å². The van der Waals surface area contributed by atoms with Crippen LogP contribution in [0.25, 0.3) is 21.3 Å². The highest BCUT2D eigenvalue weighted by atomic mass is 32.1. The van der Waals surface area contributed by atoms with Gasteiger partial charge in [-0.15, -0.1) is 22.7 Å². The minimum absolute atomic E-state index is 0.0174. The third kappa shape index (κ3) is 5.11. The van der Waals surface area contributed by atoms with Crippen molar-refractivity contribution in [1.82, 2.24) is 10.6 Å². The highest BCUT2D eigenvalue weighted by Gasteiger charge is 2.17. The van der Waals surface area contributed by atoms with Gasteiger partial charge in [-0.3, -0.25) is 4.79 Å². The Morgan fingerprint density at radius 3 is 2.04 bits per heavy atom. The Kier molecular flexibility index (Phi) is 7.07. The minimum atomic E-state index is -0.835. The standard InChI is InChI=1S/C21H26N2O3S2/c1-13-10-15(6-8-22-3)20(27-13)17-4-5-18(26-17)21-16(11-14(2)28-21)7-9-23-12-19(24)25/h4-5,10-11,22-23H,6-9,12H2,1-3H3,(H,24,25). The number of hydrogen-bond donors (Lipinski definition) is 3. The van der Waals surface area contributed by atoms with Gasteiger partial charge in [0.1, 0.15) is 11.5 Å². The molecule has 3 heterocycles. The van der Waals surface area contributed by atoms with Crippen molar-refractivity contribution in [2.75, 3.05) is 26.7 Å². The van der Waals surface area contributed by atoms with E-state index in [1.54, 1.807) is 22.7 Å². The van der Waals surface area contributed by atoms with Crippen LogP contribution in [-0.4, -0.2) is 37.8 Å². The Hall–Kier alpha value is -1.93. The van der Waals surface area contributed by atoms with Gasteiger partial charge in [-0.05, 0) is 82.2 Å². The summed E-state index contributed by atoms with van der Waals surface area (Å²) < 4.78 is 6.27. The van der Waals surface area contributed by atoms with Gasteiger partial charge in [0.2, 0.25) is 0 Å². The first kappa shape index (κ1) is 20.8. The predicted molar refractivity (Wildman–Crippen MR) is 117 cm³/mol. The van der Waals surface area contributed by atoms with Gasteiger partial charge in [0.05, 0.1) is 16.3 Å². The molecule has 3 aromatic heterocycles. The third-order valence-electron chi connectivity index (χ3n) is 4.41. The van der Waals surface area contributed by atoms with Crippen LogP contribution in [0.15, 0.2) is 28.7 Å². The summed E-state index contributed by atoms with van der Waals surface area (Å²) in [5.41, 5.74) is 2.51. The van der Waals surface area contributed by atoms with Gasteiger partial charge in [0.15, 0.2) is 0 Å². The van der Waals surface area contributed by atoms with E-state index < -0.39 is 5.97 Å². The van der Waals surface area contributed by atoms with E-state index in [2.05, 4.69) is 42.7 Å². The molecular formula is C21H26N2O3S2. The molecule has 0 unspecified atom stereocenters. The van der Waals surface area contributed by atoms with E-state index in [1.807, 2.05) is 13.1 Å². The van der Waals surface area contributed by atoms with Crippen molar-refractivity contribution in [3.05, 3.63) is 45.1 Å². The second kappa shape index (κ2) is 9.52. The second-order valence-electron chi connectivity index (χ2n) is 6.76. The first-order chi connectivity index (χ1) is 13.5. The molecule has 0 saturated heterocycles. The molecule has 7 heteroatoms. The molecule has 0 aliphatic heterocycles. The van der Waals surface area contributed by atoms with Crippen molar-refractivity contribution >= 4 is 28.6 Å². The zero-order valence-corrected chi connectivity index (χ0v) is 18.1. The monoisotopic (exact) mass is 418 g/mol. The number of aryl methyl sites for hydroxylation is 2. The molecular weight excluding hydrogens is 392 g/mol. The van der Waals surface area contributed by atoms with Crippen LogP contribution in [0.2, 0.25) is 0 Å². The maximum absolute atomic E-state index is 10.7. The summed E-state index contributed by atoms with van der Waals surface area (Å²) >= 11 is 3.49. The van der Waals surface area contributed by atoms with Gasteiger partial charge in [0, 0.05) is 9.75 Å². The SMILES string of the molecule is CNCCc1cc(C)sc1-c1ccc(-c2sc(C)cc2CCNCC(=O)O)o1. The first-order valence-electron chi connectivity index (χ1n) is 9.34. The van der Waals surface area contributed by atoms with E-state index >= 15 is 0 Å². The highest BCUT2D eigenvalue weighted by Crippen LogP contribution is 2.39. The van der Waals surface area contributed by atoms with Crippen LogP contribution in [0.4, 0.5) is 0 Å². The fourth-order valence-corrected chi connectivity index (χ4v) is 5.23. The smallest absolute Gasteiger partial charge is 0.317 e. The van der Waals surface area contributed by atoms with Crippen LogP contribution in [0.1, 0.15) is 20.9 Å². The molecule has 0 amide bonds. The van der Waals surface area contributed by atoms with Crippen LogP contribution >= 0.6 is 22.7 Å². The Morgan fingerprint density at radius 1 is 1.00 bits per heavy atom. The van der Waals surface area contributed by atoms with Gasteiger partial charge < -0.3 is 20.2 Å². The average Bonchev–Trinajstić information content (AvgIpc) is 3.34. The molecule has 5 nitrogen and oxygen atoms in total. The van der Waals surface area contributed by atoms with E-state index in [1.165, 1.54) is 25.8 Å². The number of carboxylic acid groups (broad SMARTS) is 1. The minimum Gasteiger partial charge on any atom is -0.480 e. The average molecular weight is 419 g/mol. The molecule has 3 N–H and O–H groups in total. The summed E-state index contributed by atoms with van der Waals surface area (Å²) in [5.74, 6) is 0.963. The number of likely N-dealkylation sites (N-methyl/N-ethyl adjacent to an activating group) is 1. The molecule has 0 spiro atoms. The molecule has 0 saturated carbocycles. The number of thiophene rings is 2. The lowest BCUT2D eigenvalue weighted by Gasteiger charge is -2.03. The van der Waals surface area contributed by atoms with E-state index in [0.717, 1.165) is 35.8 Å². The van der Waals surface area contributed by atoms with E-state index in [4.69, 9.17) is 9.52 Å². The zero-order valence-electron chi connectivity index (χ0n) is 16.4. The van der Waals surface area contributed by atoms with Crippen LogP contribution < -0.4 is 10.6 Å². The van der Waals surface area contributed by atoms with Crippen molar-refractivity contribution in [2.24, 2.45) is 0 Å². The number of nitrogens with one attached hydrogen (secondary N) is 2. The maximum atomic E-state index is 10.7. The summed E-state index contributed by atoms with van der Waals surface area (Å²) in [6.45, 7) is 5.77. The number of furan rings is 1. The van der Waals surface area contributed by atoms with E-state index in [0.29, 0.717) is 6.54 Å². The summed E-state index contributed by atoms with van der Waals surface area (Å²) in [6.07, 6.45) is 1.75. The molecule has 0 aromatic carbocycles. The van der Waals surface area contributed by atoms with Gasteiger partial charge in [-0.25, -0.2) is 0 Å². The molecule has 0 radical (unpaired) electrons. The Labute approximate surface area is 173 Å². The molecule has 0 fully saturated rings. The first-order valence-corrected chi connectivity index (χ1v) is 11.0. The highest BCUT2D eigenvalue weighted by molar-refractivity contribution is 7.16. The Balaban J connectivity index is 1.80. The maximum Gasteiger partial charge on any atom is 0.317 e. The molecule has 3 aromatic rings. The lowest BCUT2D eigenvalue weighted by molar-refractivity contribution is -0.135. The Morgan fingerprint density at radius 2 is 1.54 bits per heavy atom. The molecule has 28 heavy (non-hydrogen) atoms. The lowest BCUT2D eigenvalue weighted by Crippen LogP contribution is -2.24. The number of carbonyl (C=O) groups is 1. The van der Waals surface area contributed by atoms with E-state index in [-0.39, 0.29) is 6.54 Å². The molecule has 0 aliphatic carbocycles. The van der Waals surface area contributed by atoms with Crippen LogP contribution in [0.3, 0.4) is 0 Å². The van der Waals surface area contributed by atoms with Crippen molar-refractivity contribution in [3.8, 4) is 21.3 Å². The summed E-state index contributed by atoms with van der Waals surface area (Å²) in [4.78, 5) is 15.5. The molecule has 3 rings (SSSR count). The summed E-state index contributed by atoms with van der Waals surface area (Å²) in [7, 11) is 1.97. The topological polar surface area (TPSA) is 74.5 Å². The van der Waals surface area contributed by atoms with Gasteiger partial charge in [-0.2, -0.15) is 0 Å². The van der Waals surface area contributed by atoms with Gasteiger partial charge in [0.25, 0.3) is 0 Å². The number of carboxylic acids is 1. The molecule has 150 valence electrons. The molecule has 0 atom stereocenters. The number of rotatable bonds is 10. The van der Waals surface area contributed by atoms with E-state index in [9.17, 15) is 4.79 Å². The molecule has 0 aliphatic rings. The van der Waals surface area contributed by atoms with Crippen LogP contribution in [0, 0.1) is 13.8 Å². The largest absolute Gasteiger partial charge is 0.480 e. The van der Waals surface area contributed by atoms with Crippen LogP contribution in [0.5, 0.6) is 0 Å². The normalized spacial score (nSPS) is 11.2. The zero-order chi connectivity index (χ0) is 20.1. The third-order valence-corrected chi connectivity index (χ3v) is 6.62. The van der Waals surface area contributed by atoms with Crippen molar-refractivity contribution in [1.29, 1.82) is 0 Å². The van der Waals surface area contributed by atoms with Gasteiger partial charge in [-0.1, -0.05) is 0 Å². The second-order valence-corrected chi connectivity index (χ2v) is 9.27. The lowest BCUT2D eigenvalue weighted by atomic mass is 10.1. The summed E-state index contributed by atoms with van der Waals surface area (Å²) in [6, 6.07) is 8.52. The quantitative estimate of drug-likeness (QED) is 0.427. The van der Waals surface area contributed by atoms with Crippen molar-refractivity contribution in [2.45, 2.75) is 26.7 Å². The predicted octanol–water partition coefficient (Wildman–Crippen LogP) is 4.33. The van der Waals surface area contributed by atoms with Crippen molar-refractivity contribution in [3.63, 3.8) is 0 Å². The van der Waals surface area contributed by atoms with Gasteiger partial charge >= 0.3 is 5.97 Å².